The highest BCUT2D eigenvalue weighted by Crippen LogP contribution is 2.30. The maximum Gasteiger partial charge on any atom is 0.238 e. The number of benzene rings is 2. The molecule has 0 spiro atoms. The third-order valence-corrected chi connectivity index (χ3v) is 8.58. The zero-order valence-electron chi connectivity index (χ0n) is 23.6. The van der Waals surface area contributed by atoms with Crippen molar-refractivity contribution in [3.8, 4) is 10.6 Å². The van der Waals surface area contributed by atoms with E-state index in [4.69, 9.17) is 4.98 Å². The number of fused-ring (bicyclic) bond motifs is 1. The molecule has 5 aromatic rings. The van der Waals surface area contributed by atoms with Gasteiger partial charge in [-0.15, -0.1) is 11.3 Å². The Kier molecular flexibility index (Phi) is 9.21. The van der Waals surface area contributed by atoms with Crippen LogP contribution in [0.15, 0.2) is 97.3 Å². The van der Waals surface area contributed by atoms with Crippen molar-refractivity contribution in [1.82, 2.24) is 29.7 Å². The van der Waals surface area contributed by atoms with Crippen molar-refractivity contribution in [3.63, 3.8) is 0 Å². The Balaban J connectivity index is 1.09. The lowest BCUT2D eigenvalue weighted by atomic mass is 10.2. The fraction of sp³-hybridized carbons (Fsp3) is 0.273. The lowest BCUT2D eigenvalue weighted by molar-refractivity contribution is -0.117. The average Bonchev–Trinajstić information content (AvgIpc) is 3.48. The van der Waals surface area contributed by atoms with Crippen molar-refractivity contribution in [3.05, 3.63) is 109 Å². The summed E-state index contributed by atoms with van der Waals surface area (Å²) in [6.07, 6.45) is 3.70. The number of pyridine rings is 2. The molecule has 42 heavy (non-hydrogen) atoms. The first-order chi connectivity index (χ1) is 20.7. The number of aromatic nitrogens is 3. The standard InChI is InChI=1S/C33H35N7OS/c41-32(36-27-13-11-26(12-14-27)33-37-30-9-1-2-10-31(30)42-33)25-40-21-19-38(23-28-7-3-5-15-34-28)17-18-39(20-22-40)24-29-8-4-6-16-35-29/h1-16H,17-25H2,(H,36,41). The van der Waals surface area contributed by atoms with Gasteiger partial charge in [-0.05, 0) is 60.7 Å². The van der Waals surface area contributed by atoms with Crippen molar-refractivity contribution < 1.29 is 4.79 Å². The predicted molar refractivity (Wildman–Crippen MR) is 169 cm³/mol. The van der Waals surface area contributed by atoms with Gasteiger partial charge in [-0.1, -0.05) is 24.3 Å². The van der Waals surface area contributed by atoms with E-state index in [1.807, 2.05) is 79.1 Å². The minimum absolute atomic E-state index is 0.00506. The maximum atomic E-state index is 13.2. The monoisotopic (exact) mass is 577 g/mol. The van der Waals surface area contributed by atoms with E-state index in [0.717, 1.165) is 85.5 Å². The lowest BCUT2D eigenvalue weighted by Crippen LogP contribution is -2.40. The highest BCUT2D eigenvalue weighted by molar-refractivity contribution is 7.21. The molecule has 2 aromatic carbocycles. The predicted octanol–water partition coefficient (Wildman–Crippen LogP) is 5.01. The molecular formula is C33H35N7OS. The molecule has 0 aliphatic carbocycles. The molecule has 0 radical (unpaired) electrons. The Morgan fingerprint density at radius 1 is 0.690 bits per heavy atom. The maximum absolute atomic E-state index is 13.2. The number of nitrogens with zero attached hydrogens (tertiary/aromatic N) is 6. The minimum atomic E-state index is -0.00506. The topological polar surface area (TPSA) is 77.5 Å². The Morgan fingerprint density at radius 3 is 1.83 bits per heavy atom. The Labute approximate surface area is 250 Å². The molecule has 1 amide bonds. The van der Waals surface area contributed by atoms with Gasteiger partial charge in [0.1, 0.15) is 5.01 Å². The molecule has 9 heteroatoms. The first-order valence-corrected chi connectivity index (χ1v) is 15.2. The molecule has 214 valence electrons. The lowest BCUT2D eigenvalue weighted by Gasteiger charge is -2.25. The fourth-order valence-electron chi connectivity index (χ4n) is 5.20. The number of para-hydroxylation sites is 1. The van der Waals surface area contributed by atoms with Gasteiger partial charge in [-0.2, -0.15) is 0 Å². The van der Waals surface area contributed by atoms with E-state index in [2.05, 4.69) is 48.2 Å². The highest BCUT2D eigenvalue weighted by atomic mass is 32.1. The summed E-state index contributed by atoms with van der Waals surface area (Å²) < 4.78 is 1.17. The third-order valence-electron chi connectivity index (χ3n) is 7.50. The number of amides is 1. The molecule has 1 saturated heterocycles. The van der Waals surface area contributed by atoms with Crippen molar-refractivity contribution >= 4 is 33.1 Å². The van der Waals surface area contributed by atoms with E-state index in [9.17, 15) is 4.79 Å². The van der Waals surface area contributed by atoms with Crippen LogP contribution in [0.25, 0.3) is 20.8 Å². The molecule has 3 aromatic heterocycles. The van der Waals surface area contributed by atoms with Crippen LogP contribution >= 0.6 is 11.3 Å². The molecule has 1 aliphatic rings. The Bertz CT molecular complexity index is 1490. The van der Waals surface area contributed by atoms with E-state index in [0.29, 0.717) is 6.54 Å². The second kappa shape index (κ2) is 13.8. The van der Waals surface area contributed by atoms with Gasteiger partial charge in [-0.25, -0.2) is 4.98 Å². The van der Waals surface area contributed by atoms with Crippen molar-refractivity contribution in [2.75, 3.05) is 51.1 Å². The van der Waals surface area contributed by atoms with Gasteiger partial charge in [0, 0.05) is 76.0 Å². The van der Waals surface area contributed by atoms with E-state index in [-0.39, 0.29) is 5.91 Å². The van der Waals surface area contributed by atoms with Crippen LogP contribution in [0.5, 0.6) is 0 Å². The molecule has 1 N–H and O–H groups in total. The molecule has 4 heterocycles. The number of hydrogen-bond acceptors (Lipinski definition) is 8. The number of hydrogen-bond donors (Lipinski definition) is 1. The molecular weight excluding hydrogens is 542 g/mol. The van der Waals surface area contributed by atoms with E-state index >= 15 is 0 Å². The summed E-state index contributed by atoms with van der Waals surface area (Å²) in [4.78, 5) is 34.1. The second-order valence-electron chi connectivity index (χ2n) is 10.6. The summed E-state index contributed by atoms with van der Waals surface area (Å²) in [5.74, 6) is -0.00506. The van der Waals surface area contributed by atoms with Crippen molar-refractivity contribution in [2.45, 2.75) is 13.1 Å². The Morgan fingerprint density at radius 2 is 1.26 bits per heavy atom. The number of carbonyl (C=O) groups is 1. The van der Waals surface area contributed by atoms with Crippen LogP contribution in [0.4, 0.5) is 5.69 Å². The summed E-state index contributed by atoms with van der Waals surface area (Å²) >= 11 is 1.68. The quantitative estimate of drug-likeness (QED) is 0.278. The largest absolute Gasteiger partial charge is 0.325 e. The fourth-order valence-corrected chi connectivity index (χ4v) is 6.17. The summed E-state index contributed by atoms with van der Waals surface area (Å²) in [6, 6.07) is 28.3. The number of nitrogens with one attached hydrogen (secondary N) is 1. The molecule has 0 bridgehead atoms. The number of carbonyl (C=O) groups excluding carboxylic acids is 1. The summed E-state index contributed by atoms with van der Waals surface area (Å²) in [5.41, 5.74) is 4.98. The summed E-state index contributed by atoms with van der Waals surface area (Å²) in [6.45, 7) is 7.17. The Hall–Kier alpha value is -4.02. The van der Waals surface area contributed by atoms with Crippen LogP contribution in [-0.2, 0) is 17.9 Å². The van der Waals surface area contributed by atoms with E-state index in [1.54, 1.807) is 11.3 Å². The molecule has 1 aliphatic heterocycles. The zero-order valence-corrected chi connectivity index (χ0v) is 24.4. The SMILES string of the molecule is O=C(CN1CCN(Cc2ccccn2)CCN(Cc2ccccn2)CC1)Nc1ccc(-c2nc3ccccc3s2)cc1. The van der Waals surface area contributed by atoms with E-state index in [1.165, 1.54) is 4.70 Å². The van der Waals surface area contributed by atoms with Crippen molar-refractivity contribution in [1.29, 1.82) is 0 Å². The van der Waals surface area contributed by atoms with Crippen LogP contribution in [0.2, 0.25) is 0 Å². The van der Waals surface area contributed by atoms with Crippen LogP contribution in [-0.4, -0.2) is 81.4 Å². The van der Waals surface area contributed by atoms with Gasteiger partial charge in [0.25, 0.3) is 0 Å². The second-order valence-corrected chi connectivity index (χ2v) is 11.6. The molecule has 1 fully saturated rings. The normalized spacial score (nSPS) is 15.6. The van der Waals surface area contributed by atoms with Crippen LogP contribution in [0.1, 0.15) is 11.4 Å². The third kappa shape index (κ3) is 7.63. The zero-order chi connectivity index (χ0) is 28.6. The van der Waals surface area contributed by atoms with Crippen LogP contribution < -0.4 is 5.32 Å². The molecule has 0 unspecified atom stereocenters. The number of rotatable bonds is 8. The smallest absolute Gasteiger partial charge is 0.238 e. The van der Waals surface area contributed by atoms with Gasteiger partial charge in [0.2, 0.25) is 5.91 Å². The van der Waals surface area contributed by atoms with Gasteiger partial charge in [-0.3, -0.25) is 29.5 Å². The molecule has 0 atom stereocenters. The van der Waals surface area contributed by atoms with Gasteiger partial charge in [0.15, 0.2) is 0 Å². The van der Waals surface area contributed by atoms with Crippen molar-refractivity contribution in [2.24, 2.45) is 0 Å². The average molecular weight is 578 g/mol. The first kappa shape index (κ1) is 28.1. The van der Waals surface area contributed by atoms with E-state index < -0.39 is 0 Å². The number of thiazole rings is 1. The van der Waals surface area contributed by atoms with Gasteiger partial charge < -0.3 is 5.32 Å². The summed E-state index contributed by atoms with van der Waals surface area (Å²) in [7, 11) is 0. The molecule has 0 saturated carbocycles. The molecule has 6 rings (SSSR count). The first-order valence-electron chi connectivity index (χ1n) is 14.4. The van der Waals surface area contributed by atoms with Crippen LogP contribution in [0, 0.1) is 0 Å². The van der Waals surface area contributed by atoms with Crippen LogP contribution in [0.3, 0.4) is 0 Å². The van der Waals surface area contributed by atoms with Gasteiger partial charge >= 0.3 is 0 Å². The van der Waals surface area contributed by atoms with Gasteiger partial charge in [0.05, 0.1) is 28.1 Å². The highest BCUT2D eigenvalue weighted by Gasteiger charge is 2.19. The summed E-state index contributed by atoms with van der Waals surface area (Å²) in [5, 5.41) is 4.09. The number of anilines is 1. The molecule has 8 nitrogen and oxygen atoms in total. The minimum Gasteiger partial charge on any atom is -0.325 e.